The molecule has 1 aromatic rings. The van der Waals surface area contributed by atoms with Gasteiger partial charge in [-0.2, -0.15) is 0 Å². The van der Waals surface area contributed by atoms with Gasteiger partial charge in [0.25, 0.3) is 0 Å². The second-order valence-electron chi connectivity index (χ2n) is 4.91. The van der Waals surface area contributed by atoms with Crippen LogP contribution in [0.1, 0.15) is 32.3 Å². The van der Waals surface area contributed by atoms with E-state index in [-0.39, 0.29) is 5.54 Å². The lowest BCUT2D eigenvalue weighted by molar-refractivity contribution is 0.492. The molecule has 1 heterocycles. The summed E-state index contributed by atoms with van der Waals surface area (Å²) in [5.74, 6) is 1.60. The van der Waals surface area contributed by atoms with E-state index in [1.807, 2.05) is 12.1 Å². The third-order valence-corrected chi connectivity index (χ3v) is 3.33. The van der Waals surface area contributed by atoms with Crippen molar-refractivity contribution < 1.29 is 0 Å². The fourth-order valence-electron chi connectivity index (χ4n) is 1.89. The molecular weight excluding hydrogens is 218 g/mol. The molecule has 0 radical (unpaired) electrons. The summed E-state index contributed by atoms with van der Waals surface area (Å²) in [6.07, 6.45) is 4.34. The first kappa shape index (κ1) is 11.3. The van der Waals surface area contributed by atoms with Crippen LogP contribution in [0.4, 0.5) is 5.82 Å². The van der Waals surface area contributed by atoms with Gasteiger partial charge in [-0.05, 0) is 44.7 Å². The van der Waals surface area contributed by atoms with Crippen LogP contribution in [-0.2, 0) is 0 Å². The second kappa shape index (κ2) is 4.01. The Morgan fingerprint density at radius 3 is 2.81 bits per heavy atom. The van der Waals surface area contributed by atoms with Crippen molar-refractivity contribution >= 4 is 23.0 Å². The number of nitrogens with two attached hydrogens (primary N) is 1. The Kier molecular flexibility index (Phi) is 2.84. The van der Waals surface area contributed by atoms with E-state index < -0.39 is 0 Å². The largest absolute Gasteiger partial charge is 0.389 e. The Labute approximate surface area is 101 Å². The van der Waals surface area contributed by atoms with Gasteiger partial charge in [0.15, 0.2) is 0 Å². The third-order valence-electron chi connectivity index (χ3n) is 3.09. The minimum Gasteiger partial charge on any atom is -0.389 e. The van der Waals surface area contributed by atoms with Crippen molar-refractivity contribution in [2.24, 2.45) is 11.7 Å². The van der Waals surface area contributed by atoms with E-state index in [0.717, 1.165) is 17.3 Å². The molecule has 0 unspecified atom stereocenters. The SMILES string of the molecule is CC(C)(Nc1cc(C(N)=S)ccn1)C1CC1. The highest BCUT2D eigenvalue weighted by Crippen LogP contribution is 2.40. The normalized spacial score (nSPS) is 15.9. The molecule has 1 aliphatic carbocycles. The van der Waals surface area contributed by atoms with Gasteiger partial charge < -0.3 is 11.1 Å². The molecule has 1 aliphatic rings. The van der Waals surface area contributed by atoms with Gasteiger partial charge in [0, 0.05) is 17.3 Å². The zero-order valence-electron chi connectivity index (χ0n) is 9.66. The fourth-order valence-corrected chi connectivity index (χ4v) is 2.02. The van der Waals surface area contributed by atoms with Crippen LogP contribution in [0.3, 0.4) is 0 Å². The zero-order chi connectivity index (χ0) is 11.8. The van der Waals surface area contributed by atoms with Crippen molar-refractivity contribution in [2.75, 3.05) is 5.32 Å². The molecular formula is C12H17N3S. The molecule has 1 fully saturated rings. The molecule has 0 aliphatic heterocycles. The van der Waals surface area contributed by atoms with Crippen LogP contribution in [0.25, 0.3) is 0 Å². The quantitative estimate of drug-likeness (QED) is 0.786. The maximum absolute atomic E-state index is 5.59. The van der Waals surface area contributed by atoms with Gasteiger partial charge >= 0.3 is 0 Å². The summed E-state index contributed by atoms with van der Waals surface area (Å²) in [6.45, 7) is 4.42. The number of nitrogens with one attached hydrogen (secondary N) is 1. The number of hydrogen-bond acceptors (Lipinski definition) is 3. The van der Waals surface area contributed by atoms with E-state index in [0.29, 0.717) is 4.99 Å². The van der Waals surface area contributed by atoms with Gasteiger partial charge in [-0.15, -0.1) is 0 Å². The summed E-state index contributed by atoms with van der Waals surface area (Å²) in [4.78, 5) is 4.70. The van der Waals surface area contributed by atoms with Crippen molar-refractivity contribution in [3.8, 4) is 0 Å². The highest BCUT2D eigenvalue weighted by atomic mass is 32.1. The highest BCUT2D eigenvalue weighted by Gasteiger charge is 2.37. The molecule has 4 heteroatoms. The van der Waals surface area contributed by atoms with E-state index in [2.05, 4.69) is 24.1 Å². The number of nitrogens with zero attached hydrogens (tertiary/aromatic N) is 1. The molecule has 16 heavy (non-hydrogen) atoms. The molecule has 3 nitrogen and oxygen atoms in total. The van der Waals surface area contributed by atoms with Gasteiger partial charge in [0.05, 0.1) is 0 Å². The number of hydrogen-bond donors (Lipinski definition) is 2. The predicted molar refractivity (Wildman–Crippen MR) is 70.6 cm³/mol. The Morgan fingerprint density at radius 1 is 1.56 bits per heavy atom. The van der Waals surface area contributed by atoms with Crippen molar-refractivity contribution in [2.45, 2.75) is 32.2 Å². The lowest BCUT2D eigenvalue weighted by Gasteiger charge is -2.26. The first-order valence-corrected chi connectivity index (χ1v) is 5.94. The Morgan fingerprint density at radius 2 is 2.25 bits per heavy atom. The van der Waals surface area contributed by atoms with E-state index >= 15 is 0 Å². The minimum atomic E-state index is 0.0990. The molecule has 0 saturated heterocycles. The molecule has 86 valence electrons. The maximum atomic E-state index is 5.59. The monoisotopic (exact) mass is 235 g/mol. The lowest BCUT2D eigenvalue weighted by Crippen LogP contribution is -2.33. The van der Waals surface area contributed by atoms with Crippen molar-refractivity contribution in [3.05, 3.63) is 23.9 Å². The molecule has 0 aromatic carbocycles. The van der Waals surface area contributed by atoms with Crippen LogP contribution < -0.4 is 11.1 Å². The molecule has 1 saturated carbocycles. The Bertz CT molecular complexity index is 410. The minimum absolute atomic E-state index is 0.0990. The molecule has 0 spiro atoms. The summed E-state index contributed by atoms with van der Waals surface area (Å²) >= 11 is 4.95. The van der Waals surface area contributed by atoms with Gasteiger partial charge in [0.2, 0.25) is 0 Å². The van der Waals surface area contributed by atoms with Gasteiger partial charge in [-0.1, -0.05) is 12.2 Å². The molecule has 2 rings (SSSR count). The van der Waals surface area contributed by atoms with Crippen LogP contribution in [0.5, 0.6) is 0 Å². The highest BCUT2D eigenvalue weighted by molar-refractivity contribution is 7.80. The smallest absolute Gasteiger partial charge is 0.126 e. The average molecular weight is 235 g/mol. The number of anilines is 1. The van der Waals surface area contributed by atoms with Crippen molar-refractivity contribution in [3.63, 3.8) is 0 Å². The van der Waals surface area contributed by atoms with E-state index in [4.69, 9.17) is 18.0 Å². The number of rotatable bonds is 4. The first-order valence-electron chi connectivity index (χ1n) is 5.53. The summed E-state index contributed by atoms with van der Waals surface area (Å²) in [6, 6.07) is 3.74. The summed E-state index contributed by atoms with van der Waals surface area (Å²) in [5.41, 5.74) is 6.55. The van der Waals surface area contributed by atoms with Crippen molar-refractivity contribution in [1.29, 1.82) is 0 Å². The third kappa shape index (κ3) is 2.50. The Hall–Kier alpha value is -1.16. The maximum Gasteiger partial charge on any atom is 0.126 e. The number of aromatic nitrogens is 1. The molecule has 1 aromatic heterocycles. The average Bonchev–Trinajstić information content (AvgIpc) is 3.00. The molecule has 3 N–H and O–H groups in total. The zero-order valence-corrected chi connectivity index (χ0v) is 10.5. The summed E-state index contributed by atoms with van der Waals surface area (Å²) in [7, 11) is 0. The van der Waals surface area contributed by atoms with Crippen LogP contribution in [0.2, 0.25) is 0 Å². The number of pyridine rings is 1. The molecule has 0 bridgehead atoms. The number of thiocarbonyl (C=S) groups is 1. The predicted octanol–water partition coefficient (Wildman–Crippen LogP) is 2.32. The van der Waals surface area contributed by atoms with E-state index in [1.54, 1.807) is 6.20 Å². The lowest BCUT2D eigenvalue weighted by atomic mass is 9.99. The van der Waals surface area contributed by atoms with E-state index in [9.17, 15) is 0 Å². The summed E-state index contributed by atoms with van der Waals surface area (Å²) < 4.78 is 0. The second-order valence-corrected chi connectivity index (χ2v) is 5.35. The van der Waals surface area contributed by atoms with Crippen LogP contribution in [0.15, 0.2) is 18.3 Å². The standard InChI is InChI=1S/C12H17N3S/c1-12(2,9-3-4-9)15-10-7-8(11(13)16)5-6-14-10/h5-7,9H,3-4H2,1-2H3,(H2,13,16)(H,14,15). The summed E-state index contributed by atoms with van der Waals surface area (Å²) in [5, 5.41) is 3.45. The topological polar surface area (TPSA) is 50.9 Å². The first-order chi connectivity index (χ1) is 7.49. The Balaban J connectivity index is 2.14. The molecule has 0 atom stereocenters. The van der Waals surface area contributed by atoms with Crippen molar-refractivity contribution in [1.82, 2.24) is 4.98 Å². The van der Waals surface area contributed by atoms with Crippen LogP contribution in [-0.4, -0.2) is 15.5 Å². The fraction of sp³-hybridized carbons (Fsp3) is 0.500. The van der Waals surface area contributed by atoms with Crippen LogP contribution >= 0.6 is 12.2 Å². The van der Waals surface area contributed by atoms with Gasteiger partial charge in [-0.25, -0.2) is 4.98 Å². The van der Waals surface area contributed by atoms with Gasteiger partial charge in [-0.3, -0.25) is 0 Å². The van der Waals surface area contributed by atoms with Crippen LogP contribution in [0, 0.1) is 5.92 Å². The molecule has 0 amide bonds. The van der Waals surface area contributed by atoms with E-state index in [1.165, 1.54) is 12.8 Å². The van der Waals surface area contributed by atoms with Gasteiger partial charge in [0.1, 0.15) is 10.8 Å².